The molecule has 1 aliphatic heterocycles. The van der Waals surface area contributed by atoms with E-state index in [1.54, 1.807) is 24.3 Å². The molecule has 0 aromatic heterocycles. The van der Waals surface area contributed by atoms with Gasteiger partial charge >= 0.3 is 0 Å². The highest BCUT2D eigenvalue weighted by Gasteiger charge is 2.33. The number of para-hydroxylation sites is 2. The largest absolute Gasteiger partial charge is 0.484 e. The minimum Gasteiger partial charge on any atom is -0.484 e. The zero-order valence-corrected chi connectivity index (χ0v) is 22.7. The van der Waals surface area contributed by atoms with Crippen LogP contribution in [0.4, 0.5) is 5.69 Å². The van der Waals surface area contributed by atoms with Crippen molar-refractivity contribution in [3.63, 3.8) is 0 Å². The predicted molar refractivity (Wildman–Crippen MR) is 148 cm³/mol. The number of fused-ring (bicyclic) bond motifs is 1. The number of amides is 2. The summed E-state index contributed by atoms with van der Waals surface area (Å²) in [6, 6.07) is 22.8. The minimum absolute atomic E-state index is 0.0387. The second-order valence-corrected chi connectivity index (χ2v) is 10.9. The standard InChI is InChI=1S/C29H33N3O6S/c1-2-3-18-31-39(35,36)24-15-13-23(14-16-24)37-21-28(33)32-20-27(38-26-12-8-7-11-25(26)32)29(34)30-19-17-22-9-5-4-6-10-22/h4-16,27,31H,2-3,17-21H2,1H3,(H,30,34)/t27-/m0/s1. The van der Waals surface area contributed by atoms with Gasteiger partial charge in [0.25, 0.3) is 11.8 Å². The lowest BCUT2D eigenvalue weighted by molar-refractivity contribution is -0.128. The van der Waals surface area contributed by atoms with Crippen LogP contribution in [-0.2, 0) is 26.0 Å². The van der Waals surface area contributed by atoms with E-state index < -0.39 is 16.1 Å². The molecule has 2 amide bonds. The molecule has 1 atom stereocenters. The van der Waals surface area contributed by atoms with E-state index in [0.717, 1.165) is 18.4 Å². The average Bonchev–Trinajstić information content (AvgIpc) is 2.96. The van der Waals surface area contributed by atoms with E-state index in [9.17, 15) is 18.0 Å². The summed E-state index contributed by atoms with van der Waals surface area (Å²) >= 11 is 0. The van der Waals surface area contributed by atoms with Gasteiger partial charge in [0.2, 0.25) is 10.0 Å². The molecule has 10 heteroatoms. The molecule has 0 saturated carbocycles. The Kier molecular flexibility index (Phi) is 9.56. The number of unbranched alkanes of at least 4 members (excludes halogenated alkanes) is 1. The lowest BCUT2D eigenvalue weighted by Gasteiger charge is -2.34. The van der Waals surface area contributed by atoms with Gasteiger partial charge in [0.15, 0.2) is 12.7 Å². The number of carbonyl (C=O) groups excluding carboxylic acids is 2. The number of rotatable bonds is 12. The Morgan fingerprint density at radius 3 is 2.44 bits per heavy atom. The third-order valence-corrected chi connectivity index (χ3v) is 7.72. The summed E-state index contributed by atoms with van der Waals surface area (Å²) in [7, 11) is -3.60. The van der Waals surface area contributed by atoms with Crippen molar-refractivity contribution in [3.05, 3.63) is 84.4 Å². The molecule has 0 spiro atoms. The molecule has 0 bridgehead atoms. The summed E-state index contributed by atoms with van der Waals surface area (Å²) in [5.41, 5.74) is 1.67. The number of hydrogen-bond acceptors (Lipinski definition) is 6. The topological polar surface area (TPSA) is 114 Å². The van der Waals surface area contributed by atoms with Gasteiger partial charge in [-0.3, -0.25) is 9.59 Å². The molecular formula is C29H33N3O6S. The number of hydrogen-bond donors (Lipinski definition) is 2. The summed E-state index contributed by atoms with van der Waals surface area (Å²) in [5.74, 6) is 0.132. The van der Waals surface area contributed by atoms with E-state index in [-0.39, 0.29) is 29.9 Å². The first-order valence-corrected chi connectivity index (χ1v) is 14.5. The third kappa shape index (κ3) is 7.58. The maximum absolute atomic E-state index is 13.2. The van der Waals surface area contributed by atoms with Crippen molar-refractivity contribution in [3.8, 4) is 11.5 Å². The highest BCUT2D eigenvalue weighted by molar-refractivity contribution is 7.89. The van der Waals surface area contributed by atoms with Crippen LogP contribution in [0.5, 0.6) is 11.5 Å². The molecule has 2 N–H and O–H groups in total. The van der Waals surface area contributed by atoms with Gasteiger partial charge in [0.05, 0.1) is 17.1 Å². The van der Waals surface area contributed by atoms with E-state index >= 15 is 0 Å². The van der Waals surface area contributed by atoms with Crippen LogP contribution in [0.2, 0.25) is 0 Å². The highest BCUT2D eigenvalue weighted by atomic mass is 32.2. The van der Waals surface area contributed by atoms with E-state index in [4.69, 9.17) is 9.47 Å². The average molecular weight is 552 g/mol. The van der Waals surface area contributed by atoms with Crippen molar-refractivity contribution in [2.75, 3.05) is 31.1 Å². The molecular weight excluding hydrogens is 518 g/mol. The lowest BCUT2D eigenvalue weighted by atomic mass is 10.1. The normalized spacial score (nSPS) is 14.7. The molecule has 39 heavy (non-hydrogen) atoms. The van der Waals surface area contributed by atoms with Gasteiger partial charge in [0.1, 0.15) is 11.5 Å². The van der Waals surface area contributed by atoms with Gasteiger partial charge in [0, 0.05) is 13.1 Å². The summed E-state index contributed by atoms with van der Waals surface area (Å²) in [5, 5.41) is 2.89. The maximum Gasteiger partial charge on any atom is 0.265 e. The second kappa shape index (κ2) is 13.3. The molecule has 206 valence electrons. The SMILES string of the molecule is CCCCNS(=O)(=O)c1ccc(OCC(=O)N2C[C@@H](C(=O)NCCc3ccccc3)Oc3ccccc32)cc1. The number of benzene rings is 3. The Bertz CT molecular complexity index is 1360. The van der Waals surface area contributed by atoms with E-state index in [1.165, 1.54) is 29.2 Å². The van der Waals surface area contributed by atoms with Crippen LogP contribution in [0.15, 0.2) is 83.8 Å². The fourth-order valence-electron chi connectivity index (χ4n) is 4.10. The van der Waals surface area contributed by atoms with E-state index in [2.05, 4.69) is 10.0 Å². The maximum atomic E-state index is 13.2. The van der Waals surface area contributed by atoms with Gasteiger partial charge in [-0.05, 0) is 54.8 Å². The number of sulfonamides is 1. The molecule has 1 aliphatic rings. The fraction of sp³-hybridized carbons (Fsp3) is 0.310. The Morgan fingerprint density at radius 1 is 0.974 bits per heavy atom. The quantitative estimate of drug-likeness (QED) is 0.334. The molecule has 3 aromatic rings. The number of anilines is 1. The zero-order chi connectivity index (χ0) is 27.7. The molecule has 4 rings (SSSR count). The fourth-order valence-corrected chi connectivity index (χ4v) is 5.17. The number of nitrogens with one attached hydrogen (secondary N) is 2. The number of ether oxygens (including phenoxy) is 2. The van der Waals surface area contributed by atoms with Gasteiger partial charge in [-0.15, -0.1) is 0 Å². The van der Waals surface area contributed by atoms with Crippen LogP contribution in [0.1, 0.15) is 25.3 Å². The monoisotopic (exact) mass is 551 g/mol. The second-order valence-electron chi connectivity index (χ2n) is 9.12. The van der Waals surface area contributed by atoms with E-state index in [1.807, 2.05) is 37.3 Å². The van der Waals surface area contributed by atoms with Crippen molar-refractivity contribution in [2.24, 2.45) is 0 Å². The molecule has 0 aliphatic carbocycles. The third-order valence-electron chi connectivity index (χ3n) is 6.24. The van der Waals surface area contributed by atoms with Crippen LogP contribution in [0.25, 0.3) is 0 Å². The van der Waals surface area contributed by atoms with Gasteiger partial charge in [-0.2, -0.15) is 0 Å². The molecule has 3 aromatic carbocycles. The Balaban J connectivity index is 1.36. The molecule has 0 saturated heterocycles. The van der Waals surface area contributed by atoms with E-state index in [0.29, 0.717) is 36.7 Å². The Hall–Kier alpha value is -3.89. The Morgan fingerprint density at radius 2 is 1.69 bits per heavy atom. The van der Waals surface area contributed by atoms with Gasteiger partial charge < -0.3 is 19.7 Å². The van der Waals surface area contributed by atoms with Crippen LogP contribution in [0, 0.1) is 0 Å². The van der Waals surface area contributed by atoms with Crippen molar-refractivity contribution in [1.29, 1.82) is 0 Å². The van der Waals surface area contributed by atoms with Crippen molar-refractivity contribution in [1.82, 2.24) is 10.0 Å². The predicted octanol–water partition coefficient (Wildman–Crippen LogP) is 3.30. The molecule has 1 heterocycles. The van der Waals surface area contributed by atoms with Crippen LogP contribution < -0.4 is 24.4 Å². The molecule has 0 radical (unpaired) electrons. The zero-order valence-electron chi connectivity index (χ0n) is 21.8. The van der Waals surface area contributed by atoms with Crippen LogP contribution in [-0.4, -0.2) is 52.6 Å². The van der Waals surface area contributed by atoms with Crippen molar-refractivity contribution >= 4 is 27.5 Å². The Labute approximate surface area is 229 Å². The minimum atomic E-state index is -3.60. The van der Waals surface area contributed by atoms with Crippen molar-refractivity contribution < 1.29 is 27.5 Å². The van der Waals surface area contributed by atoms with Crippen LogP contribution >= 0.6 is 0 Å². The first kappa shape index (κ1) is 28.1. The first-order valence-electron chi connectivity index (χ1n) is 13.0. The molecule has 9 nitrogen and oxygen atoms in total. The highest BCUT2D eigenvalue weighted by Crippen LogP contribution is 2.33. The first-order chi connectivity index (χ1) is 18.9. The molecule has 0 unspecified atom stereocenters. The molecule has 0 fully saturated rings. The lowest BCUT2D eigenvalue weighted by Crippen LogP contribution is -2.52. The van der Waals surface area contributed by atoms with Gasteiger partial charge in [-0.25, -0.2) is 13.1 Å². The summed E-state index contributed by atoms with van der Waals surface area (Å²) in [6.07, 6.45) is 1.45. The summed E-state index contributed by atoms with van der Waals surface area (Å²) in [4.78, 5) is 27.7. The van der Waals surface area contributed by atoms with Crippen molar-refractivity contribution in [2.45, 2.75) is 37.2 Å². The number of nitrogens with zero attached hydrogens (tertiary/aromatic N) is 1. The van der Waals surface area contributed by atoms with Gasteiger partial charge in [-0.1, -0.05) is 55.8 Å². The summed E-state index contributed by atoms with van der Waals surface area (Å²) < 4.78 is 38.9. The smallest absolute Gasteiger partial charge is 0.265 e. The summed E-state index contributed by atoms with van der Waals surface area (Å²) in [6.45, 7) is 2.55. The van der Waals surface area contributed by atoms with Crippen LogP contribution in [0.3, 0.4) is 0 Å². The number of carbonyl (C=O) groups is 2.